The standard InChI is InChI=1S/C17H18N4O2/c1-10-4-5-13(7-19-10)8-21-9-14(6-15(18)17(21)22)16-11(2)20-23-12(16)3/h4-7,9H,8,18H2,1-3H3. The Hall–Kier alpha value is -2.89. The lowest BCUT2D eigenvalue weighted by atomic mass is 10.1. The van der Waals surface area contributed by atoms with E-state index in [9.17, 15) is 4.79 Å². The average molecular weight is 310 g/mol. The van der Waals surface area contributed by atoms with Gasteiger partial charge in [0, 0.05) is 29.2 Å². The Morgan fingerprint density at radius 1 is 1.26 bits per heavy atom. The van der Waals surface area contributed by atoms with E-state index in [-0.39, 0.29) is 11.2 Å². The summed E-state index contributed by atoms with van der Waals surface area (Å²) >= 11 is 0. The minimum absolute atomic E-state index is 0.197. The monoisotopic (exact) mass is 310 g/mol. The molecular formula is C17H18N4O2. The Labute approximate surface area is 133 Å². The van der Waals surface area contributed by atoms with E-state index >= 15 is 0 Å². The minimum Gasteiger partial charge on any atom is -0.394 e. The first-order chi connectivity index (χ1) is 11.0. The van der Waals surface area contributed by atoms with Crippen molar-refractivity contribution >= 4 is 5.69 Å². The third kappa shape index (κ3) is 2.88. The summed E-state index contributed by atoms with van der Waals surface area (Å²) in [7, 11) is 0. The van der Waals surface area contributed by atoms with Crippen LogP contribution in [0.25, 0.3) is 11.1 Å². The first-order valence-electron chi connectivity index (χ1n) is 7.30. The summed E-state index contributed by atoms with van der Waals surface area (Å²) in [5.74, 6) is 0.698. The van der Waals surface area contributed by atoms with E-state index in [2.05, 4.69) is 10.1 Å². The summed E-state index contributed by atoms with van der Waals surface area (Å²) in [4.78, 5) is 16.6. The van der Waals surface area contributed by atoms with Crippen LogP contribution < -0.4 is 11.3 Å². The van der Waals surface area contributed by atoms with E-state index in [4.69, 9.17) is 10.3 Å². The molecule has 0 atom stereocenters. The number of anilines is 1. The molecule has 0 radical (unpaired) electrons. The zero-order valence-electron chi connectivity index (χ0n) is 13.3. The lowest BCUT2D eigenvalue weighted by Gasteiger charge is -2.10. The molecule has 0 bridgehead atoms. The van der Waals surface area contributed by atoms with Crippen LogP contribution in [0.5, 0.6) is 0 Å². The molecule has 23 heavy (non-hydrogen) atoms. The first kappa shape index (κ1) is 15.0. The molecule has 0 aromatic carbocycles. The molecule has 0 aliphatic heterocycles. The van der Waals surface area contributed by atoms with Crippen LogP contribution in [0.15, 0.2) is 39.9 Å². The summed E-state index contributed by atoms with van der Waals surface area (Å²) in [5, 5.41) is 3.95. The van der Waals surface area contributed by atoms with Crippen molar-refractivity contribution < 1.29 is 4.52 Å². The maximum absolute atomic E-state index is 12.3. The van der Waals surface area contributed by atoms with Gasteiger partial charge in [0.15, 0.2) is 0 Å². The molecule has 0 saturated heterocycles. The van der Waals surface area contributed by atoms with Gasteiger partial charge in [0.05, 0.1) is 17.9 Å². The molecule has 3 heterocycles. The highest BCUT2D eigenvalue weighted by molar-refractivity contribution is 5.69. The second-order valence-electron chi connectivity index (χ2n) is 5.62. The number of hydrogen-bond donors (Lipinski definition) is 1. The number of aromatic nitrogens is 3. The topological polar surface area (TPSA) is 86.9 Å². The van der Waals surface area contributed by atoms with Gasteiger partial charge < -0.3 is 14.8 Å². The molecule has 3 aromatic heterocycles. The van der Waals surface area contributed by atoms with E-state index in [1.165, 1.54) is 0 Å². The Morgan fingerprint density at radius 2 is 2.04 bits per heavy atom. The van der Waals surface area contributed by atoms with Crippen LogP contribution in [0.3, 0.4) is 0 Å². The number of rotatable bonds is 3. The highest BCUT2D eigenvalue weighted by Crippen LogP contribution is 2.27. The van der Waals surface area contributed by atoms with Gasteiger partial charge in [-0.25, -0.2) is 0 Å². The van der Waals surface area contributed by atoms with Gasteiger partial charge >= 0.3 is 0 Å². The van der Waals surface area contributed by atoms with E-state index in [1.54, 1.807) is 23.0 Å². The van der Waals surface area contributed by atoms with Crippen molar-refractivity contribution in [1.82, 2.24) is 14.7 Å². The summed E-state index contributed by atoms with van der Waals surface area (Å²) in [5.41, 5.74) is 10.2. The van der Waals surface area contributed by atoms with Crippen molar-refractivity contribution in [3.8, 4) is 11.1 Å². The fourth-order valence-corrected chi connectivity index (χ4v) is 2.60. The quantitative estimate of drug-likeness (QED) is 0.803. The summed E-state index contributed by atoms with van der Waals surface area (Å²) in [6.45, 7) is 6.03. The van der Waals surface area contributed by atoms with Gasteiger partial charge in [0.25, 0.3) is 5.56 Å². The zero-order chi connectivity index (χ0) is 16.6. The van der Waals surface area contributed by atoms with Crippen LogP contribution in [0.2, 0.25) is 0 Å². The van der Waals surface area contributed by atoms with Crippen molar-refractivity contribution in [3.63, 3.8) is 0 Å². The molecule has 6 nitrogen and oxygen atoms in total. The molecule has 118 valence electrons. The maximum Gasteiger partial charge on any atom is 0.274 e. The third-order valence-corrected chi connectivity index (χ3v) is 3.76. The molecule has 0 aliphatic carbocycles. The van der Waals surface area contributed by atoms with Crippen LogP contribution in [-0.2, 0) is 6.54 Å². The highest BCUT2D eigenvalue weighted by Gasteiger charge is 2.14. The van der Waals surface area contributed by atoms with Gasteiger partial charge in [0.2, 0.25) is 0 Å². The molecule has 6 heteroatoms. The number of nitrogen functional groups attached to an aromatic ring is 1. The molecule has 0 amide bonds. The second kappa shape index (κ2) is 5.72. The molecule has 0 unspecified atom stereocenters. The maximum atomic E-state index is 12.3. The van der Waals surface area contributed by atoms with Crippen molar-refractivity contribution in [3.05, 3.63) is 63.7 Å². The number of hydrogen-bond acceptors (Lipinski definition) is 5. The molecule has 0 spiro atoms. The molecule has 0 fully saturated rings. The highest BCUT2D eigenvalue weighted by atomic mass is 16.5. The largest absolute Gasteiger partial charge is 0.394 e. The van der Waals surface area contributed by atoms with Gasteiger partial charge in [-0.15, -0.1) is 0 Å². The van der Waals surface area contributed by atoms with Crippen molar-refractivity contribution in [2.24, 2.45) is 0 Å². The fourth-order valence-electron chi connectivity index (χ4n) is 2.60. The van der Waals surface area contributed by atoms with Gasteiger partial charge in [0.1, 0.15) is 5.76 Å². The lowest BCUT2D eigenvalue weighted by molar-refractivity contribution is 0.393. The summed E-state index contributed by atoms with van der Waals surface area (Å²) in [6, 6.07) is 5.54. The smallest absolute Gasteiger partial charge is 0.274 e. The van der Waals surface area contributed by atoms with Crippen molar-refractivity contribution in [1.29, 1.82) is 0 Å². The predicted octanol–water partition coefficient (Wildman–Crippen LogP) is 2.45. The van der Waals surface area contributed by atoms with Gasteiger partial charge in [-0.3, -0.25) is 9.78 Å². The SMILES string of the molecule is Cc1ccc(Cn2cc(-c3c(C)noc3C)cc(N)c2=O)cn1. The van der Waals surface area contributed by atoms with Gasteiger partial charge in [-0.05, 0) is 38.5 Å². The summed E-state index contributed by atoms with van der Waals surface area (Å²) < 4.78 is 6.79. The molecule has 0 saturated carbocycles. The molecule has 2 N–H and O–H groups in total. The number of nitrogens with zero attached hydrogens (tertiary/aromatic N) is 3. The van der Waals surface area contributed by atoms with Crippen LogP contribution in [-0.4, -0.2) is 14.7 Å². The number of nitrogens with two attached hydrogens (primary N) is 1. The average Bonchev–Trinajstić information content (AvgIpc) is 2.85. The number of pyridine rings is 2. The minimum atomic E-state index is -0.221. The Bertz CT molecular complexity index is 888. The van der Waals surface area contributed by atoms with E-state index in [0.29, 0.717) is 12.3 Å². The Morgan fingerprint density at radius 3 is 2.65 bits per heavy atom. The lowest BCUT2D eigenvalue weighted by Crippen LogP contribution is -2.23. The van der Waals surface area contributed by atoms with E-state index in [0.717, 1.165) is 28.1 Å². The molecular weight excluding hydrogens is 292 g/mol. The van der Waals surface area contributed by atoms with Crippen LogP contribution in [0.1, 0.15) is 22.7 Å². The fraction of sp³-hybridized carbons (Fsp3) is 0.235. The molecule has 3 rings (SSSR count). The predicted molar refractivity (Wildman–Crippen MR) is 88.2 cm³/mol. The van der Waals surface area contributed by atoms with Gasteiger partial charge in [-0.1, -0.05) is 11.2 Å². The van der Waals surface area contributed by atoms with Crippen LogP contribution >= 0.6 is 0 Å². The van der Waals surface area contributed by atoms with E-state index < -0.39 is 0 Å². The second-order valence-corrected chi connectivity index (χ2v) is 5.62. The van der Waals surface area contributed by atoms with Crippen LogP contribution in [0, 0.1) is 20.8 Å². The van der Waals surface area contributed by atoms with Crippen molar-refractivity contribution in [2.75, 3.05) is 5.73 Å². The number of aryl methyl sites for hydroxylation is 3. The van der Waals surface area contributed by atoms with Crippen LogP contribution in [0.4, 0.5) is 5.69 Å². The molecule has 3 aromatic rings. The molecule has 0 aliphatic rings. The Balaban J connectivity index is 2.07. The van der Waals surface area contributed by atoms with E-state index in [1.807, 2.05) is 32.9 Å². The van der Waals surface area contributed by atoms with Crippen molar-refractivity contribution in [2.45, 2.75) is 27.3 Å². The third-order valence-electron chi connectivity index (χ3n) is 3.76. The van der Waals surface area contributed by atoms with Gasteiger partial charge in [-0.2, -0.15) is 0 Å². The normalized spacial score (nSPS) is 10.9. The Kier molecular flexibility index (Phi) is 3.73. The first-order valence-corrected chi connectivity index (χ1v) is 7.30. The summed E-state index contributed by atoms with van der Waals surface area (Å²) in [6.07, 6.45) is 3.55. The zero-order valence-corrected chi connectivity index (χ0v) is 13.3.